The average molecular weight is 276 g/mol. The molecule has 0 N–H and O–H groups in total. The van der Waals surface area contributed by atoms with Crippen molar-refractivity contribution in [2.45, 2.75) is 0 Å². The molecule has 3 rings (SSSR count). The van der Waals surface area contributed by atoms with Gasteiger partial charge >= 0.3 is 0 Å². The number of aryl methyl sites for hydroxylation is 1. The van der Waals surface area contributed by atoms with E-state index in [1.807, 2.05) is 48.0 Å². The van der Waals surface area contributed by atoms with Gasteiger partial charge in [-0.3, -0.25) is 0 Å². The van der Waals surface area contributed by atoms with Crippen LogP contribution in [0.15, 0.2) is 48.5 Å². The summed E-state index contributed by atoms with van der Waals surface area (Å²) in [7, 11) is 1.97. The molecule has 0 saturated heterocycles. The molecule has 0 fully saturated rings. The number of hydrogen-bond acceptors (Lipinski definition) is 0. The summed E-state index contributed by atoms with van der Waals surface area (Å²) < 4.78 is 1.99. The summed E-state index contributed by atoms with van der Waals surface area (Å²) in [5, 5.41) is 2.60. The van der Waals surface area contributed by atoms with E-state index in [1.165, 1.54) is 0 Å². The van der Waals surface area contributed by atoms with Gasteiger partial charge < -0.3 is 4.57 Å². The van der Waals surface area contributed by atoms with Gasteiger partial charge in [0.1, 0.15) is 5.15 Å². The summed E-state index contributed by atoms with van der Waals surface area (Å²) in [5.74, 6) is 0. The Balaban J connectivity index is 2.39. The standard InChI is InChI=1S/C15H11Cl2N/c1-18-13-8-3-2-7-12(13)14(15(18)17)10-5-4-6-11(16)9-10/h2-9H,1H3. The Kier molecular flexibility index (Phi) is 2.81. The number of hydrogen-bond donors (Lipinski definition) is 0. The van der Waals surface area contributed by atoms with Crippen molar-refractivity contribution in [3.8, 4) is 11.1 Å². The second-order valence-corrected chi connectivity index (χ2v) is 5.05. The molecule has 1 nitrogen and oxygen atoms in total. The molecule has 0 bridgehead atoms. The molecule has 0 radical (unpaired) electrons. The zero-order valence-corrected chi connectivity index (χ0v) is 11.3. The zero-order valence-electron chi connectivity index (χ0n) is 9.82. The first kappa shape index (κ1) is 11.6. The van der Waals surface area contributed by atoms with E-state index in [0.29, 0.717) is 0 Å². The van der Waals surface area contributed by atoms with Crippen LogP contribution in [0.3, 0.4) is 0 Å². The Hall–Kier alpha value is -1.44. The number of para-hydroxylation sites is 1. The quantitative estimate of drug-likeness (QED) is 0.579. The molecule has 0 aliphatic rings. The van der Waals surface area contributed by atoms with Gasteiger partial charge in [-0.15, -0.1) is 0 Å². The molecule has 3 aromatic rings. The number of rotatable bonds is 1. The Morgan fingerprint density at radius 1 is 0.944 bits per heavy atom. The molecular weight excluding hydrogens is 265 g/mol. The van der Waals surface area contributed by atoms with Gasteiger partial charge in [0, 0.05) is 28.5 Å². The fourth-order valence-corrected chi connectivity index (χ4v) is 2.77. The van der Waals surface area contributed by atoms with Crippen LogP contribution in [0.4, 0.5) is 0 Å². The van der Waals surface area contributed by atoms with Gasteiger partial charge in [-0.2, -0.15) is 0 Å². The monoisotopic (exact) mass is 275 g/mol. The molecule has 0 aliphatic carbocycles. The van der Waals surface area contributed by atoms with Crippen molar-refractivity contribution in [1.29, 1.82) is 0 Å². The molecule has 90 valence electrons. The van der Waals surface area contributed by atoms with Crippen molar-refractivity contribution < 1.29 is 0 Å². The van der Waals surface area contributed by atoms with Crippen LogP contribution >= 0.6 is 23.2 Å². The van der Waals surface area contributed by atoms with E-state index in [-0.39, 0.29) is 0 Å². The second kappa shape index (κ2) is 4.34. The van der Waals surface area contributed by atoms with E-state index in [2.05, 4.69) is 12.1 Å². The van der Waals surface area contributed by atoms with E-state index in [1.54, 1.807) is 0 Å². The number of nitrogens with zero attached hydrogens (tertiary/aromatic N) is 1. The highest BCUT2D eigenvalue weighted by atomic mass is 35.5. The fourth-order valence-electron chi connectivity index (χ4n) is 2.28. The molecule has 0 amide bonds. The molecule has 3 heteroatoms. The highest BCUT2D eigenvalue weighted by Crippen LogP contribution is 2.37. The van der Waals surface area contributed by atoms with Gasteiger partial charge in [0.25, 0.3) is 0 Å². The smallest absolute Gasteiger partial charge is 0.117 e. The number of fused-ring (bicyclic) bond motifs is 1. The molecule has 18 heavy (non-hydrogen) atoms. The maximum atomic E-state index is 6.44. The van der Waals surface area contributed by atoms with E-state index in [4.69, 9.17) is 23.2 Å². The number of halogens is 2. The van der Waals surface area contributed by atoms with E-state index in [9.17, 15) is 0 Å². The van der Waals surface area contributed by atoms with Gasteiger partial charge in [0.2, 0.25) is 0 Å². The molecule has 0 spiro atoms. The minimum Gasteiger partial charge on any atom is -0.334 e. The summed E-state index contributed by atoms with van der Waals surface area (Å²) in [5.41, 5.74) is 3.21. The van der Waals surface area contributed by atoms with E-state index in [0.717, 1.165) is 32.2 Å². The highest BCUT2D eigenvalue weighted by Gasteiger charge is 2.14. The van der Waals surface area contributed by atoms with Crippen molar-refractivity contribution >= 4 is 34.1 Å². The lowest BCUT2D eigenvalue weighted by Crippen LogP contribution is -1.85. The third kappa shape index (κ3) is 1.71. The first-order valence-corrected chi connectivity index (χ1v) is 6.43. The topological polar surface area (TPSA) is 4.93 Å². The SMILES string of the molecule is Cn1c(Cl)c(-c2cccc(Cl)c2)c2ccccc21. The molecule has 1 heterocycles. The van der Waals surface area contributed by atoms with Crippen LogP contribution in [0.2, 0.25) is 10.2 Å². The van der Waals surface area contributed by atoms with E-state index < -0.39 is 0 Å². The normalized spacial score (nSPS) is 11.1. The molecule has 0 unspecified atom stereocenters. The van der Waals surface area contributed by atoms with Crippen molar-refractivity contribution in [1.82, 2.24) is 4.57 Å². The molecule has 0 saturated carbocycles. The molecule has 2 aromatic carbocycles. The summed E-state index contributed by atoms with van der Waals surface area (Å²) in [6, 6.07) is 16.0. The van der Waals surface area contributed by atoms with E-state index >= 15 is 0 Å². The Bertz CT molecular complexity index is 728. The Morgan fingerprint density at radius 3 is 2.50 bits per heavy atom. The summed E-state index contributed by atoms with van der Waals surface area (Å²) in [6.45, 7) is 0. The lowest BCUT2D eigenvalue weighted by molar-refractivity contribution is 0.971. The maximum absolute atomic E-state index is 6.44. The maximum Gasteiger partial charge on any atom is 0.117 e. The van der Waals surface area contributed by atoms with Gasteiger partial charge in [-0.25, -0.2) is 0 Å². The minimum absolute atomic E-state index is 0.719. The zero-order chi connectivity index (χ0) is 12.7. The highest BCUT2D eigenvalue weighted by molar-refractivity contribution is 6.35. The van der Waals surface area contributed by atoms with Gasteiger partial charge in [-0.05, 0) is 23.8 Å². The lowest BCUT2D eigenvalue weighted by atomic mass is 10.1. The number of benzene rings is 2. The van der Waals surface area contributed by atoms with Gasteiger partial charge in [-0.1, -0.05) is 53.5 Å². The van der Waals surface area contributed by atoms with Crippen LogP contribution in [0.25, 0.3) is 22.0 Å². The van der Waals surface area contributed by atoms with Crippen LogP contribution in [-0.2, 0) is 7.05 Å². The van der Waals surface area contributed by atoms with Crippen LogP contribution in [0.5, 0.6) is 0 Å². The van der Waals surface area contributed by atoms with Crippen LogP contribution < -0.4 is 0 Å². The second-order valence-electron chi connectivity index (χ2n) is 4.25. The van der Waals surface area contributed by atoms with Crippen LogP contribution in [-0.4, -0.2) is 4.57 Å². The summed E-state index contributed by atoms with van der Waals surface area (Å²) in [6.07, 6.45) is 0. The minimum atomic E-state index is 0.719. The van der Waals surface area contributed by atoms with Crippen LogP contribution in [0, 0.1) is 0 Å². The van der Waals surface area contributed by atoms with Crippen LogP contribution in [0.1, 0.15) is 0 Å². The first-order chi connectivity index (χ1) is 8.68. The largest absolute Gasteiger partial charge is 0.334 e. The molecular formula is C15H11Cl2N. The summed E-state index contributed by atoms with van der Waals surface area (Å²) in [4.78, 5) is 0. The summed E-state index contributed by atoms with van der Waals surface area (Å²) >= 11 is 12.5. The van der Waals surface area contributed by atoms with Crippen molar-refractivity contribution in [2.75, 3.05) is 0 Å². The van der Waals surface area contributed by atoms with Gasteiger partial charge in [0.05, 0.1) is 0 Å². The average Bonchev–Trinajstić information content (AvgIpc) is 2.63. The molecule has 1 aromatic heterocycles. The number of aromatic nitrogens is 1. The Morgan fingerprint density at radius 2 is 1.72 bits per heavy atom. The van der Waals surface area contributed by atoms with Crippen molar-refractivity contribution in [3.05, 3.63) is 58.7 Å². The third-order valence-electron chi connectivity index (χ3n) is 3.15. The first-order valence-electron chi connectivity index (χ1n) is 5.67. The molecule has 0 atom stereocenters. The third-order valence-corrected chi connectivity index (χ3v) is 3.83. The lowest BCUT2D eigenvalue weighted by Gasteiger charge is -2.02. The fraction of sp³-hybridized carbons (Fsp3) is 0.0667. The van der Waals surface area contributed by atoms with Crippen molar-refractivity contribution in [3.63, 3.8) is 0 Å². The predicted molar refractivity (Wildman–Crippen MR) is 78.4 cm³/mol. The van der Waals surface area contributed by atoms with Crippen molar-refractivity contribution in [2.24, 2.45) is 7.05 Å². The molecule has 0 aliphatic heterocycles. The Labute approximate surface area is 116 Å². The predicted octanol–water partition coefficient (Wildman–Crippen LogP) is 5.15. The van der Waals surface area contributed by atoms with Gasteiger partial charge in [0.15, 0.2) is 0 Å².